The molecule has 2 heterocycles. The predicted octanol–water partition coefficient (Wildman–Crippen LogP) is 3.78. The van der Waals surface area contributed by atoms with Gasteiger partial charge in [0.1, 0.15) is 5.82 Å². The van der Waals surface area contributed by atoms with Crippen LogP contribution in [-0.4, -0.2) is 40.6 Å². The largest absolute Gasteiger partial charge is 0.490 e. The van der Waals surface area contributed by atoms with E-state index in [0.29, 0.717) is 29.7 Å². The number of ether oxygens (including phenoxy) is 2. The van der Waals surface area contributed by atoms with Crippen molar-refractivity contribution >= 4 is 29.4 Å². The van der Waals surface area contributed by atoms with Gasteiger partial charge in [0.15, 0.2) is 18.1 Å². The molecule has 0 aliphatic carbocycles. The zero-order valence-corrected chi connectivity index (χ0v) is 20.3. The van der Waals surface area contributed by atoms with Crippen LogP contribution < -0.4 is 20.5 Å². The molecule has 0 saturated heterocycles. The Kier molecular flexibility index (Phi) is 7.12. The van der Waals surface area contributed by atoms with Crippen molar-refractivity contribution < 1.29 is 19.1 Å². The summed E-state index contributed by atoms with van der Waals surface area (Å²) in [5.41, 5.74) is 10.1. The van der Waals surface area contributed by atoms with E-state index < -0.39 is 5.91 Å². The van der Waals surface area contributed by atoms with Crippen LogP contribution in [0.1, 0.15) is 41.5 Å². The van der Waals surface area contributed by atoms with Gasteiger partial charge in [0.05, 0.1) is 29.0 Å². The number of hydrogen-bond donors (Lipinski definition) is 2. The van der Waals surface area contributed by atoms with Crippen LogP contribution in [0.25, 0.3) is 5.69 Å². The molecule has 2 aromatic carbocycles. The fourth-order valence-electron chi connectivity index (χ4n) is 3.93. The molecule has 0 saturated carbocycles. The van der Waals surface area contributed by atoms with Crippen molar-refractivity contribution in [3.8, 4) is 17.2 Å². The van der Waals surface area contributed by atoms with Crippen molar-refractivity contribution in [1.29, 1.82) is 0 Å². The number of aromatic nitrogens is 2. The third kappa shape index (κ3) is 4.89. The Bertz CT molecular complexity index is 1210. The lowest BCUT2D eigenvalue weighted by atomic mass is 10.0. The lowest BCUT2D eigenvalue weighted by molar-refractivity contribution is -0.120. The van der Waals surface area contributed by atoms with Gasteiger partial charge in [-0.3, -0.25) is 9.59 Å². The first-order valence-electron chi connectivity index (χ1n) is 11.2. The molecule has 4 rings (SSSR count). The first-order valence-corrected chi connectivity index (χ1v) is 12.2. The molecule has 1 aliphatic heterocycles. The van der Waals surface area contributed by atoms with Gasteiger partial charge in [0, 0.05) is 5.56 Å². The number of hydrogen-bond acceptors (Lipinski definition) is 6. The molecule has 178 valence electrons. The fraction of sp³-hybridized carbons (Fsp3) is 0.320. The van der Waals surface area contributed by atoms with E-state index in [1.165, 1.54) is 17.3 Å². The van der Waals surface area contributed by atoms with Crippen LogP contribution in [-0.2, 0) is 16.0 Å². The topological polar surface area (TPSA) is 108 Å². The predicted molar refractivity (Wildman–Crippen MR) is 133 cm³/mol. The standard InChI is InChI=1S/C25H28N4O4S/c1-4-16-6-9-18(10-7-16)29-25-23(15(3)28-29)24(34-14-22(31)27-25)17-8-11-19(33-13-21(26)30)20(12-17)32-5-2/h6-12,24H,4-5,13-14H2,1-3H3,(H2,26,30)(H,27,31)/t24-/m1/s1. The van der Waals surface area contributed by atoms with Crippen LogP contribution in [0.4, 0.5) is 5.82 Å². The molecule has 3 N–H and O–H groups in total. The molecule has 0 radical (unpaired) electrons. The second-order valence-electron chi connectivity index (χ2n) is 7.91. The van der Waals surface area contributed by atoms with Gasteiger partial charge in [0.2, 0.25) is 5.91 Å². The van der Waals surface area contributed by atoms with Crippen molar-refractivity contribution in [2.75, 3.05) is 24.3 Å². The molecule has 34 heavy (non-hydrogen) atoms. The highest BCUT2D eigenvalue weighted by Gasteiger charge is 2.31. The summed E-state index contributed by atoms with van der Waals surface area (Å²) in [6.45, 7) is 6.15. The normalized spacial score (nSPS) is 15.3. The number of carbonyl (C=O) groups excluding carboxylic acids is 2. The van der Waals surface area contributed by atoms with Crippen LogP contribution in [0, 0.1) is 6.92 Å². The van der Waals surface area contributed by atoms with Crippen molar-refractivity contribution in [3.05, 3.63) is 64.8 Å². The highest BCUT2D eigenvalue weighted by Crippen LogP contribution is 2.45. The maximum atomic E-state index is 12.6. The molecule has 0 spiro atoms. The Morgan fingerprint density at radius 1 is 1.18 bits per heavy atom. The number of amides is 2. The monoisotopic (exact) mass is 480 g/mol. The highest BCUT2D eigenvalue weighted by molar-refractivity contribution is 8.00. The zero-order valence-electron chi connectivity index (χ0n) is 19.5. The van der Waals surface area contributed by atoms with Crippen LogP contribution in [0.15, 0.2) is 42.5 Å². The highest BCUT2D eigenvalue weighted by atomic mass is 32.2. The number of thioether (sulfide) groups is 1. The molecule has 9 heteroatoms. The van der Waals surface area contributed by atoms with E-state index >= 15 is 0 Å². The third-order valence-corrected chi connectivity index (χ3v) is 6.81. The second kappa shape index (κ2) is 10.2. The van der Waals surface area contributed by atoms with Crippen LogP contribution in [0.3, 0.4) is 0 Å². The van der Waals surface area contributed by atoms with Gasteiger partial charge in [0.25, 0.3) is 5.91 Å². The van der Waals surface area contributed by atoms with Crippen LogP contribution in [0.2, 0.25) is 0 Å². The molecular formula is C25H28N4O4S. The minimum Gasteiger partial charge on any atom is -0.490 e. The van der Waals surface area contributed by atoms with Crippen molar-refractivity contribution in [2.24, 2.45) is 5.73 Å². The molecule has 0 unspecified atom stereocenters. The Morgan fingerprint density at radius 3 is 2.62 bits per heavy atom. The second-order valence-corrected chi connectivity index (χ2v) is 9.01. The van der Waals surface area contributed by atoms with E-state index in [0.717, 1.165) is 28.9 Å². The number of nitrogens with zero attached hydrogens (tertiary/aromatic N) is 2. The number of benzene rings is 2. The lowest BCUT2D eigenvalue weighted by Gasteiger charge is -2.18. The van der Waals surface area contributed by atoms with Gasteiger partial charge in [-0.15, -0.1) is 11.8 Å². The van der Waals surface area contributed by atoms with Gasteiger partial charge in [-0.05, 0) is 55.7 Å². The first kappa shape index (κ1) is 23.7. The SMILES string of the molecule is CCOc1cc([C@H]2SCC(=O)Nc3c2c(C)nn3-c2ccc(CC)cc2)ccc1OCC(N)=O. The lowest BCUT2D eigenvalue weighted by Crippen LogP contribution is -2.20. The summed E-state index contributed by atoms with van der Waals surface area (Å²) in [6, 6.07) is 13.8. The molecule has 1 aromatic heterocycles. The average molecular weight is 481 g/mol. The van der Waals surface area contributed by atoms with Gasteiger partial charge in [-0.25, -0.2) is 4.68 Å². The Hall–Kier alpha value is -3.46. The molecule has 1 atom stereocenters. The van der Waals surface area contributed by atoms with Crippen molar-refractivity contribution in [2.45, 2.75) is 32.4 Å². The van der Waals surface area contributed by atoms with Crippen molar-refractivity contribution in [3.63, 3.8) is 0 Å². The Labute approximate surface area is 202 Å². The van der Waals surface area contributed by atoms with E-state index in [4.69, 9.17) is 20.3 Å². The number of fused-ring (bicyclic) bond motifs is 1. The molecule has 0 bridgehead atoms. The van der Waals surface area contributed by atoms with E-state index in [9.17, 15) is 9.59 Å². The van der Waals surface area contributed by atoms with Gasteiger partial charge in [-0.2, -0.15) is 5.10 Å². The number of aryl methyl sites for hydroxylation is 2. The zero-order chi connectivity index (χ0) is 24.2. The molecule has 3 aromatic rings. The molecule has 0 fully saturated rings. The number of carbonyl (C=O) groups is 2. The minimum absolute atomic E-state index is 0.0773. The van der Waals surface area contributed by atoms with Crippen LogP contribution >= 0.6 is 11.8 Å². The van der Waals surface area contributed by atoms with Gasteiger partial charge < -0.3 is 20.5 Å². The van der Waals surface area contributed by atoms with Gasteiger partial charge in [-0.1, -0.05) is 25.1 Å². The summed E-state index contributed by atoms with van der Waals surface area (Å²) >= 11 is 1.53. The van der Waals surface area contributed by atoms with Crippen LogP contribution in [0.5, 0.6) is 11.5 Å². The number of rotatable bonds is 8. The summed E-state index contributed by atoms with van der Waals surface area (Å²) in [5, 5.41) is 7.68. The smallest absolute Gasteiger partial charge is 0.255 e. The summed E-state index contributed by atoms with van der Waals surface area (Å²) in [7, 11) is 0. The quantitative estimate of drug-likeness (QED) is 0.508. The first-order chi connectivity index (χ1) is 16.4. The molecule has 2 amide bonds. The van der Waals surface area contributed by atoms with Crippen molar-refractivity contribution in [1.82, 2.24) is 9.78 Å². The summed E-state index contributed by atoms with van der Waals surface area (Å²) in [4.78, 5) is 23.8. The molecule has 8 nitrogen and oxygen atoms in total. The number of primary amides is 1. The number of anilines is 1. The van der Waals surface area contributed by atoms with E-state index in [2.05, 4.69) is 24.4 Å². The summed E-state index contributed by atoms with van der Waals surface area (Å²) in [6.07, 6.45) is 0.952. The third-order valence-electron chi connectivity index (χ3n) is 5.54. The molecule has 1 aliphatic rings. The summed E-state index contributed by atoms with van der Waals surface area (Å²) in [5.74, 6) is 1.31. The van der Waals surface area contributed by atoms with E-state index in [-0.39, 0.29) is 17.8 Å². The van der Waals surface area contributed by atoms with E-state index in [1.807, 2.05) is 38.1 Å². The van der Waals surface area contributed by atoms with E-state index in [1.54, 1.807) is 10.7 Å². The summed E-state index contributed by atoms with van der Waals surface area (Å²) < 4.78 is 13.1. The maximum absolute atomic E-state index is 12.6. The number of nitrogens with two attached hydrogens (primary N) is 1. The molecular weight excluding hydrogens is 452 g/mol. The van der Waals surface area contributed by atoms with Gasteiger partial charge >= 0.3 is 0 Å². The fourth-order valence-corrected chi connectivity index (χ4v) is 5.11. The Balaban J connectivity index is 1.77. The average Bonchev–Trinajstić information content (AvgIpc) is 3.03. The maximum Gasteiger partial charge on any atom is 0.255 e. The Morgan fingerprint density at radius 2 is 1.94 bits per heavy atom. The number of nitrogens with one attached hydrogen (secondary N) is 1. The minimum atomic E-state index is -0.560.